The zero-order valence-electron chi connectivity index (χ0n) is 9.07. The first-order valence-corrected chi connectivity index (χ1v) is 5.38. The van der Waals surface area contributed by atoms with Crippen LogP contribution in [0.2, 0.25) is 0 Å². The van der Waals surface area contributed by atoms with Gasteiger partial charge >= 0.3 is 5.97 Å². The fourth-order valence-corrected chi connectivity index (χ4v) is 1.88. The summed E-state index contributed by atoms with van der Waals surface area (Å²) < 4.78 is 18.0. The van der Waals surface area contributed by atoms with E-state index in [1.807, 2.05) is 6.07 Å². The van der Waals surface area contributed by atoms with E-state index in [0.29, 0.717) is 13.2 Å². The van der Waals surface area contributed by atoms with Gasteiger partial charge in [-0.1, -0.05) is 12.1 Å². The molecule has 86 valence electrons. The number of benzene rings is 1. The van der Waals surface area contributed by atoms with Crippen molar-refractivity contribution in [3.8, 4) is 0 Å². The molecule has 0 aromatic heterocycles. The summed E-state index contributed by atoms with van der Waals surface area (Å²) in [5.74, 6) is -0.509. The first-order valence-electron chi connectivity index (χ1n) is 5.38. The molecule has 1 aromatic carbocycles. The Hall–Kier alpha value is -1.42. The number of ether oxygens (including phenoxy) is 1. The molecule has 1 saturated heterocycles. The molecule has 1 aliphatic heterocycles. The average molecular weight is 223 g/mol. The highest BCUT2D eigenvalue weighted by molar-refractivity contribution is 5.78. The van der Waals surface area contributed by atoms with E-state index in [0.717, 1.165) is 5.56 Å². The number of hydrogen-bond acceptors (Lipinski definition) is 3. The molecule has 0 radical (unpaired) electrons. The van der Waals surface area contributed by atoms with E-state index in [2.05, 4.69) is 5.32 Å². The Bertz CT molecular complexity index is 394. The maximum Gasteiger partial charge on any atom is 0.323 e. The van der Waals surface area contributed by atoms with Crippen LogP contribution >= 0.6 is 0 Å². The van der Waals surface area contributed by atoms with E-state index in [-0.39, 0.29) is 23.7 Å². The third-order valence-electron chi connectivity index (χ3n) is 2.78. The number of rotatable bonds is 3. The molecule has 0 amide bonds. The van der Waals surface area contributed by atoms with Gasteiger partial charge in [0.25, 0.3) is 0 Å². The highest BCUT2D eigenvalue weighted by Gasteiger charge is 2.38. The summed E-state index contributed by atoms with van der Waals surface area (Å²) in [6.45, 7) is 2.83. The van der Waals surface area contributed by atoms with Crippen molar-refractivity contribution in [1.82, 2.24) is 5.32 Å². The van der Waals surface area contributed by atoms with Crippen LogP contribution in [0, 0.1) is 5.82 Å². The van der Waals surface area contributed by atoms with Crippen LogP contribution in [0.4, 0.5) is 4.39 Å². The summed E-state index contributed by atoms with van der Waals surface area (Å²) in [4.78, 5) is 11.5. The quantitative estimate of drug-likeness (QED) is 0.788. The number of halogens is 1. The summed E-state index contributed by atoms with van der Waals surface area (Å²) in [5, 5.41) is 3.00. The lowest BCUT2D eigenvalue weighted by atomic mass is 9.85. The molecule has 0 unspecified atom stereocenters. The Kier molecular flexibility index (Phi) is 3.19. The molecular formula is C12H14FNO2. The zero-order chi connectivity index (χ0) is 11.5. The molecule has 1 fully saturated rings. The fourth-order valence-electron chi connectivity index (χ4n) is 1.88. The zero-order valence-corrected chi connectivity index (χ0v) is 9.07. The van der Waals surface area contributed by atoms with Crippen molar-refractivity contribution in [2.75, 3.05) is 13.2 Å². The third-order valence-corrected chi connectivity index (χ3v) is 2.78. The Balaban J connectivity index is 2.08. The van der Waals surface area contributed by atoms with Gasteiger partial charge in [0.1, 0.15) is 11.9 Å². The van der Waals surface area contributed by atoms with E-state index in [4.69, 9.17) is 4.74 Å². The Labute approximate surface area is 93.6 Å². The van der Waals surface area contributed by atoms with E-state index in [9.17, 15) is 9.18 Å². The maximum absolute atomic E-state index is 13.0. The molecule has 16 heavy (non-hydrogen) atoms. The fraction of sp³-hybridized carbons (Fsp3) is 0.417. The van der Waals surface area contributed by atoms with Gasteiger partial charge in [0.15, 0.2) is 0 Å². The van der Waals surface area contributed by atoms with Gasteiger partial charge in [-0.3, -0.25) is 4.79 Å². The maximum atomic E-state index is 13.0. The Morgan fingerprint density at radius 3 is 3.00 bits per heavy atom. The number of carbonyl (C=O) groups excluding carboxylic acids is 1. The van der Waals surface area contributed by atoms with Crippen molar-refractivity contribution in [1.29, 1.82) is 0 Å². The van der Waals surface area contributed by atoms with E-state index in [1.54, 1.807) is 13.0 Å². The van der Waals surface area contributed by atoms with Gasteiger partial charge in [-0.15, -0.1) is 0 Å². The predicted molar refractivity (Wildman–Crippen MR) is 57.6 cm³/mol. The number of nitrogens with one attached hydrogen (secondary N) is 1. The summed E-state index contributed by atoms with van der Waals surface area (Å²) in [6, 6.07) is 6.03. The Morgan fingerprint density at radius 1 is 1.62 bits per heavy atom. The van der Waals surface area contributed by atoms with Crippen molar-refractivity contribution >= 4 is 5.97 Å². The smallest absolute Gasteiger partial charge is 0.323 e. The highest BCUT2D eigenvalue weighted by atomic mass is 19.1. The van der Waals surface area contributed by atoms with E-state index < -0.39 is 0 Å². The number of hydrogen-bond donors (Lipinski definition) is 1. The lowest BCUT2D eigenvalue weighted by Crippen LogP contribution is -2.56. The molecule has 1 heterocycles. The summed E-state index contributed by atoms with van der Waals surface area (Å²) in [5.41, 5.74) is 0.844. The molecular weight excluding hydrogens is 209 g/mol. The highest BCUT2D eigenvalue weighted by Crippen LogP contribution is 2.27. The molecule has 0 saturated carbocycles. The second-order valence-corrected chi connectivity index (χ2v) is 3.80. The topological polar surface area (TPSA) is 38.3 Å². The monoisotopic (exact) mass is 223 g/mol. The largest absolute Gasteiger partial charge is 0.465 e. The van der Waals surface area contributed by atoms with Gasteiger partial charge in [0, 0.05) is 12.5 Å². The van der Waals surface area contributed by atoms with Gasteiger partial charge < -0.3 is 10.1 Å². The molecule has 1 aliphatic rings. The predicted octanol–water partition coefficient (Wildman–Crippen LogP) is 1.44. The average Bonchev–Trinajstić information content (AvgIpc) is 2.16. The van der Waals surface area contributed by atoms with Gasteiger partial charge in [-0.25, -0.2) is 4.39 Å². The molecule has 0 aliphatic carbocycles. The second-order valence-electron chi connectivity index (χ2n) is 3.80. The first-order chi connectivity index (χ1) is 7.72. The molecule has 1 N–H and O–H groups in total. The minimum Gasteiger partial charge on any atom is -0.465 e. The molecule has 1 aromatic rings. The first kappa shape index (κ1) is 11.1. The normalized spacial score (nSPS) is 23.6. The SMILES string of the molecule is CCOC(=O)[C@@H]1NC[C@H]1c1cccc(F)c1. The van der Waals surface area contributed by atoms with Gasteiger partial charge in [0.2, 0.25) is 0 Å². The van der Waals surface area contributed by atoms with Crippen LogP contribution in [-0.4, -0.2) is 25.2 Å². The van der Waals surface area contributed by atoms with E-state index in [1.165, 1.54) is 12.1 Å². The molecule has 0 spiro atoms. The third kappa shape index (κ3) is 2.07. The van der Waals surface area contributed by atoms with Gasteiger partial charge in [-0.2, -0.15) is 0 Å². The van der Waals surface area contributed by atoms with Crippen LogP contribution in [0.3, 0.4) is 0 Å². The summed E-state index contributed by atoms with van der Waals surface area (Å²) in [6.07, 6.45) is 0. The second kappa shape index (κ2) is 4.61. The van der Waals surface area contributed by atoms with Crippen molar-refractivity contribution < 1.29 is 13.9 Å². The summed E-state index contributed by atoms with van der Waals surface area (Å²) >= 11 is 0. The minimum atomic E-state index is -0.332. The lowest BCUT2D eigenvalue weighted by molar-refractivity contribution is -0.148. The van der Waals surface area contributed by atoms with Crippen molar-refractivity contribution in [2.24, 2.45) is 0 Å². The van der Waals surface area contributed by atoms with Gasteiger partial charge in [-0.05, 0) is 24.6 Å². The minimum absolute atomic E-state index is 0.0229. The number of carbonyl (C=O) groups is 1. The summed E-state index contributed by atoms with van der Waals surface area (Å²) in [7, 11) is 0. The molecule has 3 nitrogen and oxygen atoms in total. The standard InChI is InChI=1S/C12H14FNO2/c1-2-16-12(15)11-10(7-14-11)8-4-3-5-9(13)6-8/h3-6,10-11,14H,2,7H2,1H3/t10-,11+/m0/s1. The molecule has 2 atom stereocenters. The molecule has 2 rings (SSSR count). The molecule has 0 bridgehead atoms. The van der Waals surface area contributed by atoms with Crippen molar-refractivity contribution in [3.05, 3.63) is 35.6 Å². The van der Waals surface area contributed by atoms with Crippen molar-refractivity contribution in [3.63, 3.8) is 0 Å². The van der Waals surface area contributed by atoms with Crippen LogP contribution in [0.15, 0.2) is 24.3 Å². The number of esters is 1. The van der Waals surface area contributed by atoms with Crippen LogP contribution in [0.1, 0.15) is 18.4 Å². The van der Waals surface area contributed by atoms with Crippen LogP contribution in [-0.2, 0) is 9.53 Å². The van der Waals surface area contributed by atoms with Crippen LogP contribution in [0.25, 0.3) is 0 Å². The van der Waals surface area contributed by atoms with Crippen molar-refractivity contribution in [2.45, 2.75) is 18.9 Å². The van der Waals surface area contributed by atoms with Crippen LogP contribution < -0.4 is 5.32 Å². The van der Waals surface area contributed by atoms with E-state index >= 15 is 0 Å². The lowest BCUT2D eigenvalue weighted by Gasteiger charge is -2.36. The van der Waals surface area contributed by atoms with Crippen LogP contribution in [0.5, 0.6) is 0 Å². The Morgan fingerprint density at radius 2 is 2.44 bits per heavy atom. The van der Waals surface area contributed by atoms with Gasteiger partial charge in [0.05, 0.1) is 6.61 Å². The molecule has 4 heteroatoms.